The molecule has 0 fully saturated rings. The van der Waals surface area contributed by atoms with E-state index in [-0.39, 0.29) is 18.4 Å². The largest absolute Gasteiger partial charge is 0.396 e. The molecule has 6 heteroatoms. The van der Waals surface area contributed by atoms with Gasteiger partial charge in [0, 0.05) is 13.2 Å². The van der Waals surface area contributed by atoms with E-state index in [2.05, 4.69) is 22.6 Å². The summed E-state index contributed by atoms with van der Waals surface area (Å²) in [6, 6.07) is 7.91. The van der Waals surface area contributed by atoms with Gasteiger partial charge in [-0.25, -0.2) is 4.68 Å². The predicted molar refractivity (Wildman–Crippen MR) is 93.3 cm³/mol. The van der Waals surface area contributed by atoms with E-state index in [4.69, 9.17) is 5.11 Å². The first-order valence-electron chi connectivity index (χ1n) is 8.45. The van der Waals surface area contributed by atoms with Gasteiger partial charge in [0.05, 0.1) is 11.4 Å². The molecule has 24 heavy (non-hydrogen) atoms. The molecule has 6 nitrogen and oxygen atoms in total. The van der Waals surface area contributed by atoms with Crippen LogP contribution in [-0.4, -0.2) is 39.2 Å². The van der Waals surface area contributed by atoms with E-state index in [9.17, 15) is 4.79 Å². The van der Waals surface area contributed by atoms with Crippen molar-refractivity contribution < 1.29 is 9.90 Å². The topological polar surface area (TPSA) is 80.0 Å². The van der Waals surface area contributed by atoms with Gasteiger partial charge in [-0.2, -0.15) is 0 Å². The number of amides is 1. The van der Waals surface area contributed by atoms with Gasteiger partial charge in [0.2, 0.25) is 0 Å². The minimum absolute atomic E-state index is 0.142. The highest BCUT2D eigenvalue weighted by Crippen LogP contribution is 2.14. The summed E-state index contributed by atoms with van der Waals surface area (Å²) in [7, 11) is 0. The summed E-state index contributed by atoms with van der Waals surface area (Å²) in [5, 5.41) is 20.2. The minimum Gasteiger partial charge on any atom is -0.396 e. The molecule has 0 saturated heterocycles. The van der Waals surface area contributed by atoms with Crippen molar-refractivity contribution >= 4 is 5.91 Å². The molecule has 1 aromatic carbocycles. The Morgan fingerprint density at radius 1 is 1.25 bits per heavy atom. The van der Waals surface area contributed by atoms with Gasteiger partial charge in [-0.05, 0) is 44.7 Å². The smallest absolute Gasteiger partial charge is 0.273 e. The summed E-state index contributed by atoms with van der Waals surface area (Å²) in [6.07, 6.45) is 2.71. The lowest BCUT2D eigenvalue weighted by atomic mass is 10.0. The Labute approximate surface area is 142 Å². The van der Waals surface area contributed by atoms with Crippen LogP contribution in [0.4, 0.5) is 0 Å². The fraction of sp³-hybridized carbons (Fsp3) is 0.500. The van der Waals surface area contributed by atoms with Gasteiger partial charge >= 0.3 is 0 Å². The number of carbonyl (C=O) groups excluding carboxylic acids is 1. The zero-order chi connectivity index (χ0) is 17.5. The van der Waals surface area contributed by atoms with Crippen LogP contribution < -0.4 is 5.32 Å². The maximum absolute atomic E-state index is 12.4. The summed E-state index contributed by atoms with van der Waals surface area (Å²) in [4.78, 5) is 12.4. The second-order valence-electron chi connectivity index (χ2n) is 6.15. The van der Waals surface area contributed by atoms with E-state index in [1.165, 1.54) is 5.56 Å². The molecule has 0 aliphatic heterocycles. The van der Waals surface area contributed by atoms with E-state index in [0.29, 0.717) is 24.4 Å². The van der Waals surface area contributed by atoms with Gasteiger partial charge in [0.1, 0.15) is 0 Å². The fourth-order valence-corrected chi connectivity index (χ4v) is 2.73. The summed E-state index contributed by atoms with van der Waals surface area (Å²) >= 11 is 0. The van der Waals surface area contributed by atoms with E-state index >= 15 is 0 Å². The third kappa shape index (κ3) is 4.41. The number of nitrogens with zero attached hydrogens (tertiary/aromatic N) is 3. The molecule has 1 heterocycles. The molecule has 130 valence electrons. The van der Waals surface area contributed by atoms with Crippen molar-refractivity contribution in [2.45, 2.75) is 40.0 Å². The van der Waals surface area contributed by atoms with Gasteiger partial charge in [-0.3, -0.25) is 4.79 Å². The van der Waals surface area contributed by atoms with Crippen LogP contribution in [0.3, 0.4) is 0 Å². The lowest BCUT2D eigenvalue weighted by Crippen LogP contribution is -2.30. The first-order valence-corrected chi connectivity index (χ1v) is 8.45. The molecule has 1 aromatic heterocycles. The molecule has 2 aromatic rings. The number of benzene rings is 1. The predicted octanol–water partition coefficient (Wildman–Crippen LogP) is 2.41. The quantitative estimate of drug-likeness (QED) is 0.779. The molecule has 1 atom stereocenters. The van der Waals surface area contributed by atoms with E-state index in [1.807, 2.05) is 38.1 Å². The summed E-state index contributed by atoms with van der Waals surface area (Å²) in [5.74, 6) is 0.0707. The number of hydrogen-bond donors (Lipinski definition) is 2. The standard InChI is InChI=1S/C18H26N4O2/c1-4-5-15(10-11-23)12-19-18(24)17-14(3)22(21-20-17)16-8-6-13(2)7-9-16/h6-9,15,23H,4-5,10-12H2,1-3H3,(H,19,24). The third-order valence-electron chi connectivity index (χ3n) is 4.17. The first kappa shape index (κ1) is 18.1. The number of aliphatic hydroxyl groups excluding tert-OH is 1. The van der Waals surface area contributed by atoms with Crippen LogP contribution in [-0.2, 0) is 0 Å². The molecule has 0 spiro atoms. The Hall–Kier alpha value is -2.21. The SMILES string of the molecule is CCCC(CCO)CNC(=O)c1nnn(-c2ccc(C)cc2)c1C. The molecular weight excluding hydrogens is 304 g/mol. The Kier molecular flexibility index (Phi) is 6.49. The summed E-state index contributed by atoms with van der Waals surface area (Å²) in [5.41, 5.74) is 3.11. The Morgan fingerprint density at radius 2 is 1.96 bits per heavy atom. The minimum atomic E-state index is -0.218. The molecule has 1 unspecified atom stereocenters. The average molecular weight is 330 g/mol. The second kappa shape index (κ2) is 8.59. The van der Waals surface area contributed by atoms with Crippen LogP contribution in [0.15, 0.2) is 24.3 Å². The van der Waals surface area contributed by atoms with Gasteiger partial charge in [0.25, 0.3) is 5.91 Å². The number of aryl methyl sites for hydroxylation is 1. The Balaban J connectivity index is 2.06. The maximum Gasteiger partial charge on any atom is 0.273 e. The van der Waals surface area contributed by atoms with Crippen molar-refractivity contribution in [3.8, 4) is 5.69 Å². The number of rotatable bonds is 8. The lowest BCUT2D eigenvalue weighted by molar-refractivity contribution is 0.0937. The number of nitrogens with one attached hydrogen (secondary N) is 1. The van der Waals surface area contributed by atoms with Crippen molar-refractivity contribution in [2.75, 3.05) is 13.2 Å². The van der Waals surface area contributed by atoms with Crippen molar-refractivity contribution in [1.82, 2.24) is 20.3 Å². The van der Waals surface area contributed by atoms with Crippen LogP contribution >= 0.6 is 0 Å². The van der Waals surface area contributed by atoms with Gasteiger partial charge in [-0.15, -0.1) is 5.10 Å². The third-order valence-corrected chi connectivity index (χ3v) is 4.17. The van der Waals surface area contributed by atoms with Gasteiger partial charge < -0.3 is 10.4 Å². The van der Waals surface area contributed by atoms with Gasteiger partial charge in [0.15, 0.2) is 5.69 Å². The number of aliphatic hydroxyl groups is 1. The van der Waals surface area contributed by atoms with Crippen LogP contribution in [0.2, 0.25) is 0 Å². The van der Waals surface area contributed by atoms with Crippen molar-refractivity contribution in [2.24, 2.45) is 5.92 Å². The van der Waals surface area contributed by atoms with Crippen molar-refractivity contribution in [3.63, 3.8) is 0 Å². The second-order valence-corrected chi connectivity index (χ2v) is 6.15. The zero-order valence-electron chi connectivity index (χ0n) is 14.6. The molecule has 0 saturated carbocycles. The number of aromatic nitrogens is 3. The van der Waals surface area contributed by atoms with E-state index < -0.39 is 0 Å². The number of carbonyl (C=O) groups is 1. The monoisotopic (exact) mass is 330 g/mol. The molecule has 1 amide bonds. The molecule has 0 aliphatic carbocycles. The first-order chi connectivity index (χ1) is 11.6. The highest BCUT2D eigenvalue weighted by atomic mass is 16.3. The van der Waals surface area contributed by atoms with Crippen molar-refractivity contribution in [3.05, 3.63) is 41.2 Å². The summed E-state index contributed by atoms with van der Waals surface area (Å²) < 4.78 is 1.67. The van der Waals surface area contributed by atoms with Crippen molar-refractivity contribution in [1.29, 1.82) is 0 Å². The Morgan fingerprint density at radius 3 is 2.58 bits per heavy atom. The normalized spacial score (nSPS) is 12.2. The van der Waals surface area contributed by atoms with Crippen LogP contribution in [0.1, 0.15) is 47.9 Å². The maximum atomic E-state index is 12.4. The van der Waals surface area contributed by atoms with E-state index in [1.54, 1.807) is 4.68 Å². The average Bonchev–Trinajstić information content (AvgIpc) is 2.95. The molecule has 0 aliphatic rings. The summed E-state index contributed by atoms with van der Waals surface area (Å²) in [6.45, 7) is 6.65. The van der Waals surface area contributed by atoms with Crippen LogP contribution in [0.5, 0.6) is 0 Å². The molecule has 2 N–H and O–H groups in total. The van der Waals surface area contributed by atoms with Gasteiger partial charge in [-0.1, -0.05) is 36.3 Å². The van der Waals surface area contributed by atoms with E-state index in [0.717, 1.165) is 18.5 Å². The fourth-order valence-electron chi connectivity index (χ4n) is 2.73. The highest BCUT2D eigenvalue weighted by Gasteiger charge is 2.18. The highest BCUT2D eigenvalue weighted by molar-refractivity contribution is 5.93. The molecular formula is C18H26N4O2. The lowest BCUT2D eigenvalue weighted by Gasteiger charge is -2.15. The molecule has 0 radical (unpaired) electrons. The Bertz CT molecular complexity index is 658. The van der Waals surface area contributed by atoms with Crippen LogP contribution in [0, 0.1) is 19.8 Å². The molecule has 2 rings (SSSR count). The zero-order valence-corrected chi connectivity index (χ0v) is 14.6. The number of hydrogen-bond acceptors (Lipinski definition) is 4. The molecule has 0 bridgehead atoms. The van der Waals surface area contributed by atoms with Crippen LogP contribution in [0.25, 0.3) is 5.69 Å².